The summed E-state index contributed by atoms with van der Waals surface area (Å²) in [5, 5.41) is 11.3. The number of nitrogens with zero attached hydrogens (tertiary/aromatic N) is 2. The van der Waals surface area contributed by atoms with Crippen LogP contribution in [0.15, 0.2) is 63.4 Å². The van der Waals surface area contributed by atoms with E-state index in [0.29, 0.717) is 23.7 Å². The Morgan fingerprint density at radius 2 is 1.96 bits per heavy atom. The number of carbonyl (C=O) groups is 1. The first-order chi connectivity index (χ1) is 13.7. The number of fused-ring (bicyclic) bond motifs is 1. The first-order valence-corrected chi connectivity index (χ1v) is 9.09. The van der Waals surface area contributed by atoms with Crippen molar-refractivity contribution in [2.24, 2.45) is 0 Å². The SMILES string of the molecule is CCCCOc1cccc(C(=O)Nc2nnc(-c3cc4ccccc4o3)o2)c1. The molecule has 7 heteroatoms. The maximum absolute atomic E-state index is 12.5. The number of anilines is 1. The minimum atomic E-state index is -0.360. The largest absolute Gasteiger partial charge is 0.494 e. The third-order valence-corrected chi connectivity index (χ3v) is 4.14. The van der Waals surface area contributed by atoms with Gasteiger partial charge in [0.05, 0.1) is 6.61 Å². The van der Waals surface area contributed by atoms with Crippen molar-refractivity contribution in [2.45, 2.75) is 19.8 Å². The molecule has 0 spiro atoms. The van der Waals surface area contributed by atoms with Gasteiger partial charge in [-0.3, -0.25) is 10.1 Å². The van der Waals surface area contributed by atoms with Crippen molar-refractivity contribution < 1.29 is 18.4 Å². The highest BCUT2D eigenvalue weighted by atomic mass is 16.5. The Kier molecular flexibility index (Phi) is 5.05. The zero-order valence-electron chi connectivity index (χ0n) is 15.3. The van der Waals surface area contributed by atoms with Crippen LogP contribution in [0.25, 0.3) is 22.6 Å². The van der Waals surface area contributed by atoms with Crippen molar-refractivity contribution in [3.05, 3.63) is 60.2 Å². The van der Waals surface area contributed by atoms with Gasteiger partial charge in [0.15, 0.2) is 5.76 Å². The average Bonchev–Trinajstić information content (AvgIpc) is 3.35. The van der Waals surface area contributed by atoms with Gasteiger partial charge in [-0.25, -0.2) is 0 Å². The van der Waals surface area contributed by atoms with Gasteiger partial charge in [-0.1, -0.05) is 42.7 Å². The summed E-state index contributed by atoms with van der Waals surface area (Å²) in [7, 11) is 0. The van der Waals surface area contributed by atoms with Crippen molar-refractivity contribution in [1.82, 2.24) is 10.2 Å². The number of aromatic nitrogens is 2. The van der Waals surface area contributed by atoms with Crippen LogP contribution in [-0.2, 0) is 0 Å². The Labute approximate surface area is 161 Å². The van der Waals surface area contributed by atoms with Gasteiger partial charge in [0.1, 0.15) is 11.3 Å². The van der Waals surface area contributed by atoms with E-state index in [1.807, 2.05) is 36.4 Å². The fraction of sp³-hybridized carbons (Fsp3) is 0.190. The quantitative estimate of drug-likeness (QED) is 0.460. The Balaban J connectivity index is 1.46. The number of para-hydroxylation sites is 1. The lowest BCUT2D eigenvalue weighted by Gasteiger charge is -2.07. The first-order valence-electron chi connectivity index (χ1n) is 9.09. The van der Waals surface area contributed by atoms with Gasteiger partial charge in [0.2, 0.25) is 0 Å². The second-order valence-electron chi connectivity index (χ2n) is 6.24. The number of hydrogen-bond donors (Lipinski definition) is 1. The molecule has 2 aromatic carbocycles. The van der Waals surface area contributed by atoms with E-state index in [0.717, 1.165) is 23.8 Å². The minimum absolute atomic E-state index is 0.00207. The lowest BCUT2D eigenvalue weighted by molar-refractivity contribution is 0.102. The van der Waals surface area contributed by atoms with Crippen LogP contribution in [0.5, 0.6) is 5.75 Å². The molecule has 0 atom stereocenters. The van der Waals surface area contributed by atoms with Crippen LogP contribution in [0.1, 0.15) is 30.1 Å². The van der Waals surface area contributed by atoms with Crippen LogP contribution in [0.3, 0.4) is 0 Å². The number of furan rings is 1. The molecule has 4 aromatic rings. The van der Waals surface area contributed by atoms with Crippen molar-refractivity contribution in [3.8, 4) is 17.4 Å². The standard InChI is InChI=1S/C21H19N3O4/c1-2-3-11-26-16-9-6-8-15(12-16)19(25)22-21-24-23-20(28-21)18-13-14-7-4-5-10-17(14)27-18/h4-10,12-13H,2-3,11H2,1H3,(H,22,24,25). The highest BCUT2D eigenvalue weighted by Gasteiger charge is 2.16. The Bertz CT molecular complexity index is 1070. The number of unbranched alkanes of at least 4 members (excludes halogenated alkanes) is 1. The predicted molar refractivity (Wildman–Crippen MR) is 104 cm³/mol. The molecule has 0 aliphatic heterocycles. The van der Waals surface area contributed by atoms with Gasteiger partial charge in [0.25, 0.3) is 11.8 Å². The lowest BCUT2D eigenvalue weighted by Crippen LogP contribution is -2.12. The fourth-order valence-corrected chi connectivity index (χ4v) is 2.69. The normalized spacial score (nSPS) is 10.9. The third kappa shape index (κ3) is 3.88. The lowest BCUT2D eigenvalue weighted by atomic mass is 10.2. The van der Waals surface area contributed by atoms with Crippen LogP contribution >= 0.6 is 0 Å². The molecule has 28 heavy (non-hydrogen) atoms. The van der Waals surface area contributed by atoms with Crippen LogP contribution in [0.4, 0.5) is 6.01 Å². The Morgan fingerprint density at radius 3 is 2.82 bits per heavy atom. The molecule has 0 bridgehead atoms. The molecule has 7 nitrogen and oxygen atoms in total. The van der Waals surface area contributed by atoms with Gasteiger partial charge in [0, 0.05) is 10.9 Å². The maximum atomic E-state index is 12.5. The summed E-state index contributed by atoms with van der Waals surface area (Å²) in [5.41, 5.74) is 1.17. The van der Waals surface area contributed by atoms with Gasteiger partial charge in [-0.15, -0.1) is 5.10 Å². The molecule has 2 heterocycles. The molecule has 2 aromatic heterocycles. The minimum Gasteiger partial charge on any atom is -0.494 e. The van der Waals surface area contributed by atoms with E-state index in [1.165, 1.54) is 0 Å². The highest BCUT2D eigenvalue weighted by molar-refractivity contribution is 6.03. The van der Waals surface area contributed by atoms with E-state index >= 15 is 0 Å². The highest BCUT2D eigenvalue weighted by Crippen LogP contribution is 2.27. The molecule has 0 unspecified atom stereocenters. The summed E-state index contributed by atoms with van der Waals surface area (Å²) in [6.45, 7) is 2.71. The summed E-state index contributed by atoms with van der Waals surface area (Å²) in [5.74, 6) is 0.930. The molecule has 0 fully saturated rings. The number of nitrogens with one attached hydrogen (secondary N) is 1. The number of amides is 1. The molecule has 0 aliphatic carbocycles. The molecular weight excluding hydrogens is 358 g/mol. The number of carbonyl (C=O) groups excluding carboxylic acids is 1. The van der Waals surface area contributed by atoms with E-state index in [-0.39, 0.29) is 17.8 Å². The summed E-state index contributed by atoms with van der Waals surface area (Å²) < 4.78 is 16.9. The van der Waals surface area contributed by atoms with Gasteiger partial charge in [-0.05, 0) is 36.8 Å². The molecule has 1 N–H and O–H groups in total. The molecule has 1 amide bonds. The molecular formula is C21H19N3O4. The molecule has 0 saturated heterocycles. The van der Waals surface area contributed by atoms with Crippen molar-refractivity contribution >= 4 is 22.9 Å². The topological polar surface area (TPSA) is 90.4 Å². The van der Waals surface area contributed by atoms with Gasteiger partial charge >= 0.3 is 6.01 Å². The molecule has 0 aliphatic rings. The Morgan fingerprint density at radius 1 is 1.07 bits per heavy atom. The van der Waals surface area contributed by atoms with Crippen LogP contribution in [0, 0.1) is 0 Å². The third-order valence-electron chi connectivity index (χ3n) is 4.14. The van der Waals surface area contributed by atoms with Gasteiger partial charge in [-0.2, -0.15) is 0 Å². The molecule has 4 rings (SSSR count). The van der Waals surface area contributed by atoms with Crippen LogP contribution < -0.4 is 10.1 Å². The predicted octanol–water partition coefficient (Wildman–Crippen LogP) is 4.91. The summed E-state index contributed by atoms with van der Waals surface area (Å²) in [6.07, 6.45) is 2.01. The fourth-order valence-electron chi connectivity index (χ4n) is 2.69. The zero-order chi connectivity index (χ0) is 19.3. The summed E-state index contributed by atoms with van der Waals surface area (Å²) >= 11 is 0. The number of rotatable bonds is 7. The zero-order valence-corrected chi connectivity index (χ0v) is 15.3. The maximum Gasteiger partial charge on any atom is 0.322 e. The number of benzene rings is 2. The van der Waals surface area contributed by atoms with E-state index in [4.69, 9.17) is 13.6 Å². The van der Waals surface area contributed by atoms with Crippen molar-refractivity contribution in [2.75, 3.05) is 11.9 Å². The van der Waals surface area contributed by atoms with Crippen molar-refractivity contribution in [1.29, 1.82) is 0 Å². The van der Waals surface area contributed by atoms with E-state index < -0.39 is 0 Å². The van der Waals surface area contributed by atoms with Crippen molar-refractivity contribution in [3.63, 3.8) is 0 Å². The second-order valence-corrected chi connectivity index (χ2v) is 6.24. The van der Waals surface area contributed by atoms with Crippen LogP contribution in [-0.4, -0.2) is 22.7 Å². The molecule has 142 valence electrons. The average molecular weight is 377 g/mol. The molecule has 0 radical (unpaired) electrons. The van der Waals surface area contributed by atoms with E-state index in [1.54, 1.807) is 18.2 Å². The first kappa shape index (κ1) is 17.8. The summed E-state index contributed by atoms with van der Waals surface area (Å²) in [6, 6.07) is 16.4. The van der Waals surface area contributed by atoms with Crippen LogP contribution in [0.2, 0.25) is 0 Å². The van der Waals surface area contributed by atoms with E-state index in [2.05, 4.69) is 22.4 Å². The second kappa shape index (κ2) is 7.96. The Hall–Kier alpha value is -3.61. The number of ether oxygens (including phenoxy) is 1. The van der Waals surface area contributed by atoms with Gasteiger partial charge < -0.3 is 13.6 Å². The number of hydrogen-bond acceptors (Lipinski definition) is 6. The van der Waals surface area contributed by atoms with E-state index in [9.17, 15) is 4.79 Å². The smallest absolute Gasteiger partial charge is 0.322 e. The monoisotopic (exact) mass is 377 g/mol. The molecule has 0 saturated carbocycles. The summed E-state index contributed by atoms with van der Waals surface area (Å²) in [4.78, 5) is 12.5.